The molecule has 0 saturated carbocycles. The third-order valence-electron chi connectivity index (χ3n) is 3.44. The second kappa shape index (κ2) is 5.40. The Morgan fingerprint density at radius 3 is 2.74 bits per heavy atom. The van der Waals surface area contributed by atoms with Crippen LogP contribution in [0, 0.1) is 5.41 Å². The Labute approximate surface area is 109 Å². The van der Waals surface area contributed by atoms with Gasteiger partial charge in [-0.1, -0.05) is 6.92 Å². The van der Waals surface area contributed by atoms with Crippen LogP contribution in [0.4, 0.5) is 0 Å². The fourth-order valence-electron chi connectivity index (χ4n) is 2.01. The van der Waals surface area contributed by atoms with Crippen LogP contribution in [0.3, 0.4) is 0 Å². The molecular formula is C12H17N3O4. The average molecular weight is 267 g/mol. The van der Waals surface area contributed by atoms with Gasteiger partial charge >= 0.3 is 5.69 Å². The van der Waals surface area contributed by atoms with E-state index in [0.717, 1.165) is 19.0 Å². The number of ether oxygens (including phenoxy) is 1. The number of amides is 1. The summed E-state index contributed by atoms with van der Waals surface area (Å²) in [5.41, 5.74) is -1.41. The van der Waals surface area contributed by atoms with E-state index in [1.165, 1.54) is 0 Å². The van der Waals surface area contributed by atoms with Gasteiger partial charge in [-0.05, 0) is 18.3 Å². The highest BCUT2D eigenvalue weighted by Crippen LogP contribution is 2.28. The zero-order valence-electron chi connectivity index (χ0n) is 10.7. The van der Waals surface area contributed by atoms with Gasteiger partial charge in [0.25, 0.3) is 11.5 Å². The van der Waals surface area contributed by atoms with Crippen LogP contribution >= 0.6 is 0 Å². The highest BCUT2D eigenvalue weighted by Gasteiger charge is 2.28. The molecule has 1 aliphatic heterocycles. The van der Waals surface area contributed by atoms with Crippen LogP contribution in [0.5, 0.6) is 0 Å². The van der Waals surface area contributed by atoms with Crippen LogP contribution in [0.25, 0.3) is 0 Å². The molecule has 2 heterocycles. The molecule has 1 fully saturated rings. The molecule has 1 amide bonds. The first-order valence-corrected chi connectivity index (χ1v) is 6.18. The van der Waals surface area contributed by atoms with Crippen LogP contribution in [-0.4, -0.2) is 35.6 Å². The van der Waals surface area contributed by atoms with Gasteiger partial charge in [0, 0.05) is 26.0 Å². The third-order valence-corrected chi connectivity index (χ3v) is 3.44. The fourth-order valence-corrected chi connectivity index (χ4v) is 2.01. The maximum atomic E-state index is 11.9. The van der Waals surface area contributed by atoms with E-state index in [4.69, 9.17) is 4.74 Å². The van der Waals surface area contributed by atoms with Crippen molar-refractivity contribution in [3.05, 3.63) is 32.6 Å². The molecule has 0 radical (unpaired) electrons. The van der Waals surface area contributed by atoms with Gasteiger partial charge in [0.15, 0.2) is 0 Å². The van der Waals surface area contributed by atoms with Gasteiger partial charge in [0.05, 0.1) is 0 Å². The largest absolute Gasteiger partial charge is 0.381 e. The van der Waals surface area contributed by atoms with Crippen molar-refractivity contribution in [3.8, 4) is 0 Å². The lowest BCUT2D eigenvalue weighted by Crippen LogP contribution is -2.41. The molecule has 0 aliphatic carbocycles. The van der Waals surface area contributed by atoms with E-state index in [0.29, 0.717) is 19.8 Å². The van der Waals surface area contributed by atoms with E-state index < -0.39 is 17.2 Å². The van der Waals surface area contributed by atoms with Crippen LogP contribution in [0.15, 0.2) is 15.8 Å². The van der Waals surface area contributed by atoms with Gasteiger partial charge in [0.1, 0.15) is 5.56 Å². The molecule has 1 saturated heterocycles. The molecule has 7 nitrogen and oxygen atoms in total. The van der Waals surface area contributed by atoms with Gasteiger partial charge in [0.2, 0.25) is 0 Å². The summed E-state index contributed by atoms with van der Waals surface area (Å²) in [5.74, 6) is -0.481. The maximum absolute atomic E-state index is 11.9. The zero-order valence-corrected chi connectivity index (χ0v) is 10.7. The second-order valence-corrected chi connectivity index (χ2v) is 5.09. The zero-order chi connectivity index (χ0) is 13.9. The Balaban J connectivity index is 2.01. The Morgan fingerprint density at radius 2 is 2.11 bits per heavy atom. The lowest BCUT2D eigenvalue weighted by molar-refractivity contribution is 0.0238. The first-order valence-electron chi connectivity index (χ1n) is 6.18. The predicted octanol–water partition coefficient (Wildman–Crippen LogP) is -0.390. The summed E-state index contributed by atoms with van der Waals surface area (Å²) in [6.45, 7) is 3.93. The second-order valence-electron chi connectivity index (χ2n) is 5.09. The SMILES string of the molecule is CC1(CNC(=O)c2c[nH]c(=O)[nH]c2=O)CCOCC1. The lowest BCUT2D eigenvalue weighted by atomic mass is 9.82. The number of hydrogen-bond donors (Lipinski definition) is 3. The van der Waals surface area contributed by atoms with Gasteiger partial charge in [-0.15, -0.1) is 0 Å². The highest BCUT2D eigenvalue weighted by molar-refractivity contribution is 5.93. The molecule has 7 heteroatoms. The molecule has 0 spiro atoms. The van der Waals surface area contributed by atoms with E-state index in [-0.39, 0.29) is 11.0 Å². The monoisotopic (exact) mass is 267 g/mol. The summed E-state index contributed by atoms with van der Waals surface area (Å²) >= 11 is 0. The van der Waals surface area contributed by atoms with Crippen molar-refractivity contribution < 1.29 is 9.53 Å². The highest BCUT2D eigenvalue weighted by atomic mass is 16.5. The van der Waals surface area contributed by atoms with Crippen LogP contribution < -0.4 is 16.6 Å². The van der Waals surface area contributed by atoms with Crippen molar-refractivity contribution in [3.63, 3.8) is 0 Å². The number of rotatable bonds is 3. The lowest BCUT2D eigenvalue weighted by Gasteiger charge is -2.33. The number of nitrogens with one attached hydrogen (secondary N) is 3. The van der Waals surface area contributed by atoms with Gasteiger partial charge in [-0.25, -0.2) is 4.79 Å². The molecule has 0 atom stereocenters. The first kappa shape index (κ1) is 13.5. The van der Waals surface area contributed by atoms with Crippen molar-refractivity contribution in [2.24, 2.45) is 5.41 Å². The average Bonchev–Trinajstić information content (AvgIpc) is 2.37. The van der Waals surface area contributed by atoms with Crippen molar-refractivity contribution in [1.29, 1.82) is 0 Å². The van der Waals surface area contributed by atoms with E-state index in [9.17, 15) is 14.4 Å². The number of H-pyrrole nitrogens is 2. The van der Waals surface area contributed by atoms with Crippen molar-refractivity contribution in [2.45, 2.75) is 19.8 Å². The third kappa shape index (κ3) is 3.31. The summed E-state index contributed by atoms with van der Waals surface area (Å²) in [7, 11) is 0. The molecular weight excluding hydrogens is 250 g/mol. The minimum absolute atomic E-state index is 0.0111. The van der Waals surface area contributed by atoms with E-state index in [2.05, 4.69) is 17.2 Å². The first-order chi connectivity index (χ1) is 9.00. The molecule has 1 aromatic rings. The summed E-state index contributed by atoms with van der Waals surface area (Å²) in [6, 6.07) is 0. The van der Waals surface area contributed by atoms with E-state index in [1.807, 2.05) is 4.98 Å². The fraction of sp³-hybridized carbons (Fsp3) is 0.583. The van der Waals surface area contributed by atoms with Crippen molar-refractivity contribution in [2.75, 3.05) is 19.8 Å². The smallest absolute Gasteiger partial charge is 0.325 e. The Bertz CT molecular complexity index is 569. The molecule has 1 aliphatic rings. The van der Waals surface area contributed by atoms with Crippen LogP contribution in [0.2, 0.25) is 0 Å². The summed E-state index contributed by atoms with van der Waals surface area (Å²) in [6.07, 6.45) is 2.87. The van der Waals surface area contributed by atoms with Crippen molar-refractivity contribution >= 4 is 5.91 Å². The quantitative estimate of drug-likeness (QED) is 0.693. The molecule has 2 rings (SSSR count). The summed E-state index contributed by atoms with van der Waals surface area (Å²) in [4.78, 5) is 38.5. The van der Waals surface area contributed by atoms with Gasteiger partial charge in [-0.2, -0.15) is 0 Å². The molecule has 0 aromatic carbocycles. The number of aromatic amines is 2. The van der Waals surface area contributed by atoms with Crippen LogP contribution in [-0.2, 0) is 4.74 Å². The Morgan fingerprint density at radius 1 is 1.42 bits per heavy atom. The summed E-state index contributed by atoms with van der Waals surface area (Å²) < 4.78 is 5.28. The Hall–Kier alpha value is -1.89. The van der Waals surface area contributed by atoms with E-state index >= 15 is 0 Å². The molecule has 19 heavy (non-hydrogen) atoms. The van der Waals surface area contributed by atoms with Crippen molar-refractivity contribution in [1.82, 2.24) is 15.3 Å². The maximum Gasteiger partial charge on any atom is 0.325 e. The minimum Gasteiger partial charge on any atom is -0.381 e. The Kier molecular flexibility index (Phi) is 3.84. The van der Waals surface area contributed by atoms with Gasteiger partial charge in [-0.3, -0.25) is 14.6 Å². The summed E-state index contributed by atoms with van der Waals surface area (Å²) in [5, 5.41) is 2.73. The number of carbonyl (C=O) groups is 1. The van der Waals surface area contributed by atoms with Crippen LogP contribution in [0.1, 0.15) is 30.1 Å². The molecule has 3 N–H and O–H groups in total. The molecule has 0 unspecified atom stereocenters. The number of aromatic nitrogens is 2. The predicted molar refractivity (Wildman–Crippen MR) is 68.2 cm³/mol. The van der Waals surface area contributed by atoms with Gasteiger partial charge < -0.3 is 15.0 Å². The molecule has 104 valence electrons. The number of carbonyl (C=O) groups excluding carboxylic acids is 1. The normalized spacial score (nSPS) is 17.9. The minimum atomic E-state index is -0.682. The number of hydrogen-bond acceptors (Lipinski definition) is 4. The molecule has 0 bridgehead atoms. The van der Waals surface area contributed by atoms with E-state index in [1.54, 1.807) is 0 Å². The topological polar surface area (TPSA) is 104 Å². The standard InChI is InChI=1S/C12H17N3O4/c1-12(2-4-19-5-3-12)7-14-9(16)8-6-13-11(18)15-10(8)17/h6H,2-5,7H2,1H3,(H,14,16)(H2,13,15,17,18). The molecule has 1 aromatic heterocycles.